The number of aliphatic hydroxyl groups excluding tert-OH is 9. The Bertz CT molecular complexity index is 1090. The summed E-state index contributed by atoms with van der Waals surface area (Å²) < 4.78 is 28.2. The molecule has 3 aliphatic rings. The van der Waals surface area contributed by atoms with Crippen LogP contribution in [0.4, 0.5) is 0 Å². The number of rotatable bonds is 14. The molecule has 2 amide bonds. The van der Waals surface area contributed by atoms with Crippen molar-refractivity contribution in [2.45, 2.75) is 124 Å². The van der Waals surface area contributed by atoms with Crippen LogP contribution in [0.15, 0.2) is 0 Å². The molecule has 0 aromatic rings. The molecule has 0 saturated carbocycles. The standard InChI is InChI=1S/C27H47N3O18/c1-9(33)29-16-11(35)5-27(26(42)43,48-24(16)18(37)12(36)6-31)44-8-15-19(38)21(40)22(41)25(46-15)47-23-14(7-32)45-13(3-4-28)17(20(23)39)30-10(2)34/h11-25,31-32,35-41H,3-8,28H2,1-2H3,(H,29,33)(H,30,34)(H,42,43)/t11-,12+,13-,14+,15+,16+,17-,18+,19-,20+,21-,22+,23+,24+,25-,27+/m0/s1. The lowest BCUT2D eigenvalue weighted by atomic mass is 9.88. The Morgan fingerprint density at radius 1 is 0.896 bits per heavy atom. The Morgan fingerprint density at radius 2 is 1.52 bits per heavy atom. The van der Waals surface area contributed by atoms with Crippen molar-refractivity contribution in [2.24, 2.45) is 5.73 Å². The first-order valence-corrected chi connectivity index (χ1v) is 15.3. The molecule has 0 aromatic carbocycles. The van der Waals surface area contributed by atoms with Crippen molar-refractivity contribution < 1.29 is 89.1 Å². The second-order valence-electron chi connectivity index (χ2n) is 12.0. The number of carbonyl (C=O) groups excluding carboxylic acids is 2. The van der Waals surface area contributed by atoms with Crippen LogP contribution in [0.5, 0.6) is 0 Å². The summed E-state index contributed by atoms with van der Waals surface area (Å²) in [6.45, 7) is -0.317. The molecule has 3 heterocycles. The second-order valence-corrected chi connectivity index (χ2v) is 12.0. The smallest absolute Gasteiger partial charge is 0.364 e. The van der Waals surface area contributed by atoms with Gasteiger partial charge in [0.2, 0.25) is 11.8 Å². The van der Waals surface area contributed by atoms with Crippen LogP contribution >= 0.6 is 0 Å². The average Bonchev–Trinajstić information content (AvgIpc) is 3.03. The molecule has 21 heteroatoms. The van der Waals surface area contributed by atoms with E-state index in [-0.39, 0.29) is 13.0 Å². The molecule has 3 rings (SSSR count). The first-order chi connectivity index (χ1) is 22.5. The molecular weight excluding hydrogens is 654 g/mol. The van der Waals surface area contributed by atoms with Gasteiger partial charge in [-0.25, -0.2) is 4.79 Å². The van der Waals surface area contributed by atoms with E-state index in [0.717, 1.165) is 6.92 Å². The number of aliphatic hydroxyl groups is 9. The van der Waals surface area contributed by atoms with Gasteiger partial charge in [-0.15, -0.1) is 0 Å². The van der Waals surface area contributed by atoms with Crippen LogP contribution in [0.2, 0.25) is 0 Å². The summed E-state index contributed by atoms with van der Waals surface area (Å²) in [4.78, 5) is 36.1. The highest BCUT2D eigenvalue weighted by molar-refractivity contribution is 5.76. The number of nitrogens with two attached hydrogens (primary N) is 1. The van der Waals surface area contributed by atoms with Gasteiger partial charge in [-0.05, 0) is 13.0 Å². The molecule has 0 radical (unpaired) electrons. The highest BCUT2D eigenvalue weighted by atomic mass is 16.8. The normalized spacial score (nSPS) is 41.6. The van der Waals surface area contributed by atoms with Gasteiger partial charge in [0.25, 0.3) is 5.79 Å². The van der Waals surface area contributed by atoms with Crippen molar-refractivity contribution in [1.82, 2.24) is 10.6 Å². The highest BCUT2D eigenvalue weighted by Gasteiger charge is 2.57. The summed E-state index contributed by atoms with van der Waals surface area (Å²) in [6.07, 6.45) is -23.0. The van der Waals surface area contributed by atoms with E-state index in [0.29, 0.717) is 0 Å². The van der Waals surface area contributed by atoms with Gasteiger partial charge in [-0.3, -0.25) is 9.59 Å². The van der Waals surface area contributed by atoms with Crippen LogP contribution in [0.25, 0.3) is 0 Å². The summed E-state index contributed by atoms with van der Waals surface area (Å²) in [7, 11) is 0. The third kappa shape index (κ3) is 8.93. The Labute approximate surface area is 274 Å². The molecule has 48 heavy (non-hydrogen) atoms. The predicted molar refractivity (Wildman–Crippen MR) is 153 cm³/mol. The van der Waals surface area contributed by atoms with Gasteiger partial charge in [0, 0.05) is 20.3 Å². The molecule has 0 bridgehead atoms. The van der Waals surface area contributed by atoms with E-state index < -0.39 is 141 Å². The minimum absolute atomic E-state index is 0.0988. The van der Waals surface area contributed by atoms with Crippen LogP contribution in [-0.4, -0.2) is 193 Å². The molecule has 0 spiro atoms. The summed E-state index contributed by atoms with van der Waals surface area (Å²) in [5.41, 5.74) is 5.62. The van der Waals surface area contributed by atoms with E-state index in [2.05, 4.69) is 10.6 Å². The molecule has 0 unspecified atom stereocenters. The molecule has 3 fully saturated rings. The maximum Gasteiger partial charge on any atom is 0.364 e. The van der Waals surface area contributed by atoms with Gasteiger partial charge in [-0.2, -0.15) is 0 Å². The summed E-state index contributed by atoms with van der Waals surface area (Å²) in [5.74, 6) is -5.94. The van der Waals surface area contributed by atoms with E-state index in [1.165, 1.54) is 6.92 Å². The van der Waals surface area contributed by atoms with Crippen LogP contribution in [0, 0.1) is 0 Å². The van der Waals surface area contributed by atoms with Crippen molar-refractivity contribution in [1.29, 1.82) is 0 Å². The first-order valence-electron chi connectivity index (χ1n) is 15.3. The van der Waals surface area contributed by atoms with Crippen molar-refractivity contribution in [3.8, 4) is 0 Å². The molecule has 14 N–H and O–H groups in total. The maximum atomic E-state index is 12.5. The van der Waals surface area contributed by atoms with Crippen LogP contribution < -0.4 is 16.4 Å². The maximum absolute atomic E-state index is 12.5. The van der Waals surface area contributed by atoms with Gasteiger partial charge in [-0.1, -0.05) is 0 Å². The Balaban J connectivity index is 1.84. The number of carboxylic acids is 1. The zero-order chi connectivity index (χ0) is 36.1. The number of carbonyl (C=O) groups is 3. The Kier molecular flexibility index (Phi) is 14.4. The largest absolute Gasteiger partial charge is 0.477 e. The lowest BCUT2D eigenvalue weighted by Crippen LogP contribution is -2.69. The number of aliphatic carboxylic acids is 1. The van der Waals surface area contributed by atoms with Gasteiger partial charge >= 0.3 is 5.97 Å². The van der Waals surface area contributed by atoms with E-state index in [1.807, 2.05) is 0 Å². The molecule has 16 atom stereocenters. The molecule has 3 aliphatic heterocycles. The van der Waals surface area contributed by atoms with E-state index in [1.54, 1.807) is 0 Å². The van der Waals surface area contributed by atoms with Crippen LogP contribution in [0.1, 0.15) is 26.7 Å². The van der Waals surface area contributed by atoms with E-state index in [4.69, 9.17) is 29.4 Å². The van der Waals surface area contributed by atoms with Crippen molar-refractivity contribution in [3.63, 3.8) is 0 Å². The zero-order valence-electron chi connectivity index (χ0n) is 26.2. The SMILES string of the molecule is CC(=O)N[C@@H]1[C@@H](O)[C@H](O[C@@H]2O[C@H](CO[C@]3(C(=O)O)C[C@H](O)[C@@H](NC(C)=O)[C@H]([C@H](O)[C@H](O)CO)O3)[C@H](O)[C@H](O)[C@H]2O)[C@@H](CO)O[C@H]1CCN. The number of nitrogens with one attached hydrogen (secondary N) is 2. The minimum Gasteiger partial charge on any atom is -0.477 e. The van der Waals surface area contributed by atoms with Gasteiger partial charge in [0.05, 0.1) is 44.1 Å². The van der Waals surface area contributed by atoms with Gasteiger partial charge in [0.1, 0.15) is 61.0 Å². The number of hydrogen-bond donors (Lipinski definition) is 13. The van der Waals surface area contributed by atoms with Crippen molar-refractivity contribution >= 4 is 17.8 Å². The Hall–Kier alpha value is -2.19. The fraction of sp³-hybridized carbons (Fsp3) is 0.889. The predicted octanol–water partition coefficient (Wildman–Crippen LogP) is -7.68. The Morgan fingerprint density at radius 3 is 2.06 bits per heavy atom. The molecule has 278 valence electrons. The third-order valence-electron chi connectivity index (χ3n) is 8.45. The van der Waals surface area contributed by atoms with Gasteiger partial charge in [0.15, 0.2) is 6.29 Å². The summed E-state index contributed by atoms with van der Waals surface area (Å²) in [6, 6.07) is -2.57. The monoisotopic (exact) mass is 701 g/mol. The van der Waals surface area contributed by atoms with Crippen LogP contribution in [-0.2, 0) is 38.1 Å². The average molecular weight is 702 g/mol. The third-order valence-corrected chi connectivity index (χ3v) is 8.45. The number of amides is 2. The van der Waals surface area contributed by atoms with Gasteiger partial charge < -0.3 is 91.1 Å². The molecular formula is C27H47N3O18. The second kappa shape index (κ2) is 17.2. The van der Waals surface area contributed by atoms with Crippen LogP contribution in [0.3, 0.4) is 0 Å². The van der Waals surface area contributed by atoms with Crippen molar-refractivity contribution in [2.75, 3.05) is 26.4 Å². The number of hydrogen-bond acceptors (Lipinski definition) is 18. The fourth-order valence-electron chi connectivity index (χ4n) is 5.99. The topological polar surface area (TPSA) is 350 Å². The number of carboxylic acid groups (broad SMARTS) is 1. The van der Waals surface area contributed by atoms with Crippen molar-refractivity contribution in [3.05, 3.63) is 0 Å². The lowest BCUT2D eigenvalue weighted by Gasteiger charge is -2.48. The van der Waals surface area contributed by atoms with E-state index >= 15 is 0 Å². The molecule has 3 saturated heterocycles. The number of ether oxygens (including phenoxy) is 5. The lowest BCUT2D eigenvalue weighted by molar-refractivity contribution is -0.353. The molecule has 21 nitrogen and oxygen atoms in total. The molecule has 0 aromatic heterocycles. The fourth-order valence-corrected chi connectivity index (χ4v) is 5.99. The molecule has 0 aliphatic carbocycles. The van der Waals surface area contributed by atoms with E-state index in [9.17, 15) is 65.4 Å². The highest BCUT2D eigenvalue weighted by Crippen LogP contribution is 2.35. The first kappa shape index (κ1) is 40.2. The summed E-state index contributed by atoms with van der Waals surface area (Å²) in [5, 5.41) is 109. The quantitative estimate of drug-likeness (QED) is 0.0799. The summed E-state index contributed by atoms with van der Waals surface area (Å²) >= 11 is 0. The minimum atomic E-state index is -2.82. The zero-order valence-corrected chi connectivity index (χ0v) is 26.2.